The molecule has 60 heavy (non-hydrogen) atoms. The summed E-state index contributed by atoms with van der Waals surface area (Å²) in [5.74, 6) is 0. The van der Waals surface area contributed by atoms with Gasteiger partial charge in [-0.2, -0.15) is 0 Å². The van der Waals surface area contributed by atoms with Gasteiger partial charge < -0.3 is 9.47 Å². The van der Waals surface area contributed by atoms with Gasteiger partial charge in [-0.05, 0) is 92.9 Å². The third-order valence-corrected chi connectivity index (χ3v) is 11.8. The van der Waals surface area contributed by atoms with Crippen LogP contribution in [0.25, 0.3) is 82.8 Å². The van der Waals surface area contributed by atoms with Crippen LogP contribution in [0.4, 0.5) is 17.1 Å². The molecule has 0 unspecified atom stereocenters. The zero-order chi connectivity index (χ0) is 39.8. The van der Waals surface area contributed by atoms with E-state index in [2.05, 4.69) is 252 Å². The van der Waals surface area contributed by atoms with Crippen LogP contribution in [0.15, 0.2) is 243 Å². The summed E-state index contributed by atoms with van der Waals surface area (Å²) >= 11 is 0. The molecule has 0 N–H and O–H groups in total. The normalized spacial score (nSPS) is 11.3. The van der Waals surface area contributed by atoms with E-state index >= 15 is 0 Å². The highest BCUT2D eigenvalue weighted by molar-refractivity contribution is 6.18. The Bertz CT molecular complexity index is 3270. The van der Waals surface area contributed by atoms with E-state index < -0.39 is 0 Å². The molecule has 0 aliphatic heterocycles. The molecule has 11 rings (SSSR count). The van der Waals surface area contributed by atoms with Crippen LogP contribution in [0.3, 0.4) is 0 Å². The summed E-state index contributed by atoms with van der Waals surface area (Å²) in [6.07, 6.45) is 0. The van der Waals surface area contributed by atoms with Crippen LogP contribution in [0.2, 0.25) is 0 Å². The minimum absolute atomic E-state index is 1.09. The summed E-state index contributed by atoms with van der Waals surface area (Å²) in [5.41, 5.74) is 16.3. The minimum atomic E-state index is 1.09. The summed E-state index contributed by atoms with van der Waals surface area (Å²) < 4.78 is 2.43. The molecule has 2 nitrogen and oxygen atoms in total. The van der Waals surface area contributed by atoms with Crippen molar-refractivity contribution in [1.82, 2.24) is 4.57 Å². The molecule has 1 heterocycles. The van der Waals surface area contributed by atoms with Gasteiger partial charge in [0, 0.05) is 38.8 Å². The number of nitrogens with zero attached hydrogens (tertiary/aromatic N) is 2. The number of benzene rings is 10. The lowest BCUT2D eigenvalue weighted by Crippen LogP contribution is -2.11. The molecule has 10 aromatic carbocycles. The van der Waals surface area contributed by atoms with Crippen LogP contribution in [-0.2, 0) is 0 Å². The Morgan fingerprint density at radius 1 is 0.300 bits per heavy atom. The van der Waals surface area contributed by atoms with Gasteiger partial charge in [0.15, 0.2) is 0 Å². The van der Waals surface area contributed by atoms with Crippen molar-refractivity contribution in [2.24, 2.45) is 0 Å². The molecule has 0 aliphatic carbocycles. The number of hydrogen-bond donors (Lipinski definition) is 0. The van der Waals surface area contributed by atoms with Crippen LogP contribution < -0.4 is 4.90 Å². The predicted octanol–water partition coefficient (Wildman–Crippen LogP) is 16.1. The van der Waals surface area contributed by atoms with Crippen LogP contribution in [-0.4, -0.2) is 4.57 Å². The minimum Gasteiger partial charge on any atom is -0.310 e. The summed E-state index contributed by atoms with van der Waals surface area (Å²) in [6, 6.07) is 87.8. The van der Waals surface area contributed by atoms with Crippen molar-refractivity contribution in [3.05, 3.63) is 243 Å². The second-order valence-corrected chi connectivity index (χ2v) is 15.3. The van der Waals surface area contributed by atoms with E-state index in [9.17, 15) is 0 Å². The number of para-hydroxylation sites is 2. The lowest BCUT2D eigenvalue weighted by atomic mass is 9.93. The van der Waals surface area contributed by atoms with Gasteiger partial charge in [-0.25, -0.2) is 0 Å². The number of aromatic nitrogens is 1. The molecule has 11 aromatic rings. The van der Waals surface area contributed by atoms with Crippen LogP contribution >= 0.6 is 0 Å². The van der Waals surface area contributed by atoms with E-state index in [-0.39, 0.29) is 0 Å². The Morgan fingerprint density at radius 2 is 0.833 bits per heavy atom. The highest BCUT2D eigenvalue weighted by Crippen LogP contribution is 2.45. The standard InChI is InChI=1S/C58H40N2/c1-4-16-41(17-5-1)42-28-33-47(34-29-42)59(49-37-39-50(43-18-6-2-7-19-43)55(40-49)44-20-8-3-9-21-44)56-26-14-12-23-51(56)46-30-35-48(36-31-46)60-57-27-15-13-25-53(57)54-38-32-45-22-10-11-24-52(45)58(54)60/h1-40H. The average Bonchev–Trinajstić information content (AvgIpc) is 3.68. The van der Waals surface area contributed by atoms with Gasteiger partial charge in [-0.3, -0.25) is 0 Å². The van der Waals surface area contributed by atoms with E-state index in [1.54, 1.807) is 0 Å². The molecular formula is C58H40N2. The van der Waals surface area contributed by atoms with Crippen LogP contribution in [0, 0.1) is 0 Å². The second kappa shape index (κ2) is 15.1. The smallest absolute Gasteiger partial charge is 0.0619 e. The first-order chi connectivity index (χ1) is 29.8. The fourth-order valence-electron chi connectivity index (χ4n) is 8.96. The molecular weight excluding hydrogens is 725 g/mol. The summed E-state index contributed by atoms with van der Waals surface area (Å²) in [4.78, 5) is 2.42. The van der Waals surface area contributed by atoms with Crippen molar-refractivity contribution < 1.29 is 0 Å². The fourth-order valence-corrected chi connectivity index (χ4v) is 8.96. The van der Waals surface area contributed by atoms with E-state index in [0.717, 1.165) is 33.9 Å². The Labute approximate surface area is 350 Å². The lowest BCUT2D eigenvalue weighted by molar-refractivity contribution is 1.19. The molecule has 0 fully saturated rings. The zero-order valence-corrected chi connectivity index (χ0v) is 33.0. The SMILES string of the molecule is c1ccc(-c2ccc(N(c3ccc(-c4ccccc4)c(-c4ccccc4)c3)c3ccccc3-c3ccc(-n4c5ccccc5c5ccc6ccccc6c54)cc3)cc2)cc1. The van der Waals surface area contributed by atoms with Gasteiger partial charge in [-0.1, -0.05) is 194 Å². The molecule has 282 valence electrons. The Balaban J connectivity index is 1.07. The van der Waals surface area contributed by atoms with E-state index in [4.69, 9.17) is 0 Å². The lowest BCUT2D eigenvalue weighted by Gasteiger charge is -2.29. The van der Waals surface area contributed by atoms with Crippen LogP contribution in [0.5, 0.6) is 0 Å². The van der Waals surface area contributed by atoms with Crippen molar-refractivity contribution in [1.29, 1.82) is 0 Å². The summed E-state index contributed by atoms with van der Waals surface area (Å²) in [6.45, 7) is 0. The number of hydrogen-bond acceptors (Lipinski definition) is 1. The third kappa shape index (κ3) is 6.23. The first kappa shape index (κ1) is 35.2. The molecule has 0 amide bonds. The molecule has 0 radical (unpaired) electrons. The van der Waals surface area contributed by atoms with Crippen molar-refractivity contribution in [2.45, 2.75) is 0 Å². The molecule has 2 heteroatoms. The summed E-state index contributed by atoms with van der Waals surface area (Å²) in [5, 5.41) is 5.02. The Morgan fingerprint density at radius 3 is 1.57 bits per heavy atom. The Hall–Kier alpha value is -7.94. The average molecular weight is 765 g/mol. The quantitative estimate of drug-likeness (QED) is 0.150. The van der Waals surface area contributed by atoms with Gasteiger partial charge in [0.25, 0.3) is 0 Å². The zero-order valence-electron chi connectivity index (χ0n) is 33.0. The maximum absolute atomic E-state index is 2.43. The first-order valence-corrected chi connectivity index (χ1v) is 20.6. The fraction of sp³-hybridized carbons (Fsp3) is 0. The molecule has 1 aromatic heterocycles. The predicted molar refractivity (Wildman–Crippen MR) is 255 cm³/mol. The maximum Gasteiger partial charge on any atom is 0.0619 e. The molecule has 0 aliphatic rings. The van der Waals surface area contributed by atoms with Crippen molar-refractivity contribution in [2.75, 3.05) is 4.90 Å². The molecule has 0 bridgehead atoms. The van der Waals surface area contributed by atoms with Gasteiger partial charge in [0.1, 0.15) is 0 Å². The largest absolute Gasteiger partial charge is 0.310 e. The monoisotopic (exact) mass is 764 g/mol. The highest BCUT2D eigenvalue weighted by atomic mass is 15.1. The number of rotatable bonds is 8. The van der Waals surface area contributed by atoms with Crippen molar-refractivity contribution in [3.63, 3.8) is 0 Å². The van der Waals surface area contributed by atoms with Crippen molar-refractivity contribution in [3.8, 4) is 50.2 Å². The second-order valence-electron chi connectivity index (χ2n) is 15.3. The third-order valence-electron chi connectivity index (χ3n) is 11.8. The highest BCUT2D eigenvalue weighted by Gasteiger charge is 2.21. The van der Waals surface area contributed by atoms with Gasteiger partial charge in [-0.15, -0.1) is 0 Å². The van der Waals surface area contributed by atoms with E-state index in [0.29, 0.717) is 0 Å². The first-order valence-electron chi connectivity index (χ1n) is 20.6. The molecule has 0 saturated heterocycles. The van der Waals surface area contributed by atoms with Gasteiger partial charge in [0.05, 0.1) is 16.7 Å². The Kier molecular flexibility index (Phi) is 8.87. The summed E-state index contributed by atoms with van der Waals surface area (Å²) in [7, 11) is 0. The molecule has 0 atom stereocenters. The number of anilines is 3. The van der Waals surface area contributed by atoms with E-state index in [1.165, 1.54) is 66.0 Å². The van der Waals surface area contributed by atoms with Crippen LogP contribution in [0.1, 0.15) is 0 Å². The van der Waals surface area contributed by atoms with Crippen molar-refractivity contribution >= 4 is 49.6 Å². The molecule has 0 saturated carbocycles. The molecule has 0 spiro atoms. The van der Waals surface area contributed by atoms with Gasteiger partial charge in [0.2, 0.25) is 0 Å². The number of fused-ring (bicyclic) bond motifs is 5. The topological polar surface area (TPSA) is 8.17 Å². The van der Waals surface area contributed by atoms with Gasteiger partial charge >= 0.3 is 0 Å². The maximum atomic E-state index is 2.43. The van der Waals surface area contributed by atoms with E-state index in [1.807, 2.05) is 0 Å².